The van der Waals surface area contributed by atoms with E-state index >= 15 is 0 Å². The molecule has 1 aromatic rings. The highest BCUT2D eigenvalue weighted by Crippen LogP contribution is 2.14. The van der Waals surface area contributed by atoms with Crippen LogP contribution in [-0.4, -0.2) is 29.6 Å². The fourth-order valence-electron chi connectivity index (χ4n) is 1.81. The van der Waals surface area contributed by atoms with Crippen LogP contribution in [0.2, 0.25) is 0 Å². The molecule has 0 unspecified atom stereocenters. The molecule has 4 heteroatoms. The van der Waals surface area contributed by atoms with Gasteiger partial charge in [-0.3, -0.25) is 0 Å². The molecule has 0 amide bonds. The predicted octanol–water partition coefficient (Wildman–Crippen LogP) is 1.19. The van der Waals surface area contributed by atoms with E-state index in [9.17, 15) is 0 Å². The van der Waals surface area contributed by atoms with Gasteiger partial charge < -0.3 is 10.2 Å². The van der Waals surface area contributed by atoms with Crippen LogP contribution in [0.5, 0.6) is 0 Å². The number of nitrogens with zero attached hydrogens (tertiary/aromatic N) is 3. The largest absolute Gasteiger partial charge is 0.341 e. The van der Waals surface area contributed by atoms with Crippen molar-refractivity contribution in [1.82, 2.24) is 15.3 Å². The maximum atomic E-state index is 4.54. The molecular formula is C11H18N4. The zero-order valence-corrected chi connectivity index (χ0v) is 9.24. The Balaban J connectivity index is 2.04. The molecule has 1 aliphatic heterocycles. The topological polar surface area (TPSA) is 41.1 Å². The van der Waals surface area contributed by atoms with Crippen LogP contribution < -0.4 is 10.2 Å². The molecule has 0 radical (unpaired) electrons. The van der Waals surface area contributed by atoms with Crippen molar-refractivity contribution in [3.8, 4) is 0 Å². The summed E-state index contributed by atoms with van der Waals surface area (Å²) in [6, 6.07) is 1.97. The summed E-state index contributed by atoms with van der Waals surface area (Å²) in [7, 11) is 0. The highest BCUT2D eigenvalue weighted by molar-refractivity contribution is 5.31. The molecule has 82 valence electrons. The van der Waals surface area contributed by atoms with Crippen molar-refractivity contribution in [3.63, 3.8) is 0 Å². The van der Waals surface area contributed by atoms with Gasteiger partial charge in [-0.1, -0.05) is 6.92 Å². The van der Waals surface area contributed by atoms with Crippen molar-refractivity contribution in [2.75, 3.05) is 24.5 Å². The van der Waals surface area contributed by atoms with E-state index < -0.39 is 0 Å². The standard InChI is InChI=1S/C11H18N4/c1-2-12-9-10-5-6-13-11(14-10)15-7-3-4-8-15/h5-6,12H,2-4,7-9H2,1H3. The third-order valence-electron chi connectivity index (χ3n) is 2.65. The molecule has 0 saturated carbocycles. The number of anilines is 1. The first-order valence-corrected chi connectivity index (χ1v) is 5.67. The molecule has 1 fully saturated rings. The van der Waals surface area contributed by atoms with Crippen molar-refractivity contribution in [2.24, 2.45) is 0 Å². The molecule has 0 bridgehead atoms. The third kappa shape index (κ3) is 2.65. The van der Waals surface area contributed by atoms with Crippen LogP contribution in [0.15, 0.2) is 12.3 Å². The number of hydrogen-bond acceptors (Lipinski definition) is 4. The molecule has 4 nitrogen and oxygen atoms in total. The van der Waals surface area contributed by atoms with Crippen molar-refractivity contribution in [2.45, 2.75) is 26.3 Å². The molecule has 1 saturated heterocycles. The lowest BCUT2D eigenvalue weighted by molar-refractivity contribution is 0.705. The first kappa shape index (κ1) is 10.4. The van der Waals surface area contributed by atoms with Gasteiger partial charge in [0.25, 0.3) is 0 Å². The summed E-state index contributed by atoms with van der Waals surface area (Å²) in [5.74, 6) is 0.892. The Bertz CT molecular complexity index is 307. The second-order valence-corrected chi connectivity index (χ2v) is 3.82. The van der Waals surface area contributed by atoms with E-state index in [1.54, 1.807) is 0 Å². The third-order valence-corrected chi connectivity index (χ3v) is 2.65. The molecule has 0 atom stereocenters. The molecular weight excluding hydrogens is 188 g/mol. The monoisotopic (exact) mass is 206 g/mol. The Labute approximate surface area is 90.7 Å². The summed E-state index contributed by atoms with van der Waals surface area (Å²) in [6.07, 6.45) is 4.38. The second kappa shape index (κ2) is 5.07. The summed E-state index contributed by atoms with van der Waals surface area (Å²) in [5, 5.41) is 3.27. The Morgan fingerprint density at radius 1 is 1.40 bits per heavy atom. The van der Waals surface area contributed by atoms with E-state index in [0.717, 1.165) is 37.8 Å². The van der Waals surface area contributed by atoms with Crippen molar-refractivity contribution < 1.29 is 0 Å². The van der Waals surface area contributed by atoms with E-state index in [1.807, 2.05) is 12.3 Å². The van der Waals surface area contributed by atoms with Gasteiger partial charge in [-0.25, -0.2) is 9.97 Å². The van der Waals surface area contributed by atoms with Gasteiger partial charge in [-0.2, -0.15) is 0 Å². The zero-order valence-electron chi connectivity index (χ0n) is 9.24. The summed E-state index contributed by atoms with van der Waals surface area (Å²) < 4.78 is 0. The summed E-state index contributed by atoms with van der Waals surface area (Å²) in [4.78, 5) is 11.1. The van der Waals surface area contributed by atoms with Gasteiger partial charge in [-0.05, 0) is 25.5 Å². The molecule has 2 rings (SSSR count). The van der Waals surface area contributed by atoms with Gasteiger partial charge in [-0.15, -0.1) is 0 Å². The van der Waals surface area contributed by atoms with E-state index in [2.05, 4.69) is 27.1 Å². The number of hydrogen-bond donors (Lipinski definition) is 1. The molecule has 0 spiro atoms. The van der Waals surface area contributed by atoms with Crippen LogP contribution >= 0.6 is 0 Å². The summed E-state index contributed by atoms with van der Waals surface area (Å²) in [5.41, 5.74) is 1.08. The number of nitrogens with one attached hydrogen (secondary N) is 1. The number of rotatable bonds is 4. The van der Waals surface area contributed by atoms with E-state index in [4.69, 9.17) is 0 Å². The van der Waals surface area contributed by atoms with Gasteiger partial charge in [0, 0.05) is 25.8 Å². The Kier molecular flexibility index (Phi) is 3.50. The minimum atomic E-state index is 0.833. The molecule has 2 heterocycles. The lowest BCUT2D eigenvalue weighted by Crippen LogP contribution is -2.21. The van der Waals surface area contributed by atoms with Crippen LogP contribution in [0, 0.1) is 0 Å². The summed E-state index contributed by atoms with van der Waals surface area (Å²) >= 11 is 0. The SMILES string of the molecule is CCNCc1ccnc(N2CCCC2)n1. The lowest BCUT2D eigenvalue weighted by atomic mass is 10.4. The second-order valence-electron chi connectivity index (χ2n) is 3.82. The van der Waals surface area contributed by atoms with Crippen LogP contribution in [0.3, 0.4) is 0 Å². The molecule has 0 aromatic carbocycles. The molecule has 15 heavy (non-hydrogen) atoms. The highest BCUT2D eigenvalue weighted by atomic mass is 15.3. The van der Waals surface area contributed by atoms with Crippen LogP contribution in [0.4, 0.5) is 5.95 Å². The van der Waals surface area contributed by atoms with E-state index in [0.29, 0.717) is 0 Å². The zero-order chi connectivity index (χ0) is 10.5. The van der Waals surface area contributed by atoms with Crippen LogP contribution in [0.1, 0.15) is 25.5 Å². The predicted molar refractivity (Wildman–Crippen MR) is 60.9 cm³/mol. The quantitative estimate of drug-likeness (QED) is 0.803. The van der Waals surface area contributed by atoms with Crippen molar-refractivity contribution in [3.05, 3.63) is 18.0 Å². The first-order valence-electron chi connectivity index (χ1n) is 5.67. The summed E-state index contributed by atoms with van der Waals surface area (Å²) in [6.45, 7) is 6.11. The Hall–Kier alpha value is -1.16. The average Bonchev–Trinajstić information content (AvgIpc) is 2.80. The Morgan fingerprint density at radius 2 is 2.20 bits per heavy atom. The van der Waals surface area contributed by atoms with Gasteiger partial charge in [0.2, 0.25) is 5.95 Å². The van der Waals surface area contributed by atoms with Gasteiger partial charge in [0.05, 0.1) is 5.69 Å². The van der Waals surface area contributed by atoms with Crippen molar-refractivity contribution in [1.29, 1.82) is 0 Å². The number of aromatic nitrogens is 2. The van der Waals surface area contributed by atoms with E-state index in [1.165, 1.54) is 12.8 Å². The average molecular weight is 206 g/mol. The smallest absolute Gasteiger partial charge is 0.225 e. The lowest BCUT2D eigenvalue weighted by Gasteiger charge is -2.15. The maximum Gasteiger partial charge on any atom is 0.225 e. The normalized spacial score (nSPS) is 15.9. The molecule has 1 aliphatic rings. The molecule has 1 N–H and O–H groups in total. The fourth-order valence-corrected chi connectivity index (χ4v) is 1.81. The van der Waals surface area contributed by atoms with Crippen LogP contribution in [0.25, 0.3) is 0 Å². The van der Waals surface area contributed by atoms with Gasteiger partial charge in [0.1, 0.15) is 0 Å². The minimum Gasteiger partial charge on any atom is -0.341 e. The van der Waals surface area contributed by atoms with Gasteiger partial charge >= 0.3 is 0 Å². The van der Waals surface area contributed by atoms with Crippen molar-refractivity contribution >= 4 is 5.95 Å². The molecule has 0 aliphatic carbocycles. The fraction of sp³-hybridized carbons (Fsp3) is 0.636. The van der Waals surface area contributed by atoms with E-state index in [-0.39, 0.29) is 0 Å². The van der Waals surface area contributed by atoms with Crippen LogP contribution in [-0.2, 0) is 6.54 Å². The van der Waals surface area contributed by atoms with Gasteiger partial charge in [0.15, 0.2) is 0 Å². The first-order chi connectivity index (χ1) is 7.40. The maximum absolute atomic E-state index is 4.54. The molecule has 1 aromatic heterocycles. The minimum absolute atomic E-state index is 0.833. The Morgan fingerprint density at radius 3 is 2.93 bits per heavy atom. The highest BCUT2D eigenvalue weighted by Gasteiger charge is 2.14.